The molecule has 1 N–H and O–H groups in total. The third-order valence-electron chi connectivity index (χ3n) is 3.63. The molecule has 0 aliphatic rings. The van der Waals surface area contributed by atoms with Crippen LogP contribution >= 0.6 is 0 Å². The molecule has 3 rings (SSSR count). The molecule has 5 nitrogen and oxygen atoms in total. The van der Waals surface area contributed by atoms with Crippen molar-refractivity contribution < 1.29 is 13.9 Å². The Morgan fingerprint density at radius 2 is 1.89 bits per heavy atom. The Balaban J connectivity index is 1.67. The molecule has 1 heterocycles. The molecule has 0 amide bonds. The maximum absolute atomic E-state index is 13.0. The maximum Gasteiger partial charge on any atom is 0.161 e. The zero-order chi connectivity index (χ0) is 18.9. The lowest BCUT2D eigenvalue weighted by Crippen LogP contribution is -2.01. The van der Waals surface area contributed by atoms with Gasteiger partial charge in [0.25, 0.3) is 0 Å². The molecule has 0 spiro atoms. The Morgan fingerprint density at radius 3 is 2.63 bits per heavy atom. The summed E-state index contributed by atoms with van der Waals surface area (Å²) in [6.45, 7) is 2.75. The summed E-state index contributed by atoms with van der Waals surface area (Å²) < 4.78 is 24.5. The van der Waals surface area contributed by atoms with Crippen molar-refractivity contribution in [3.8, 4) is 11.5 Å². The van der Waals surface area contributed by atoms with Crippen molar-refractivity contribution in [1.29, 1.82) is 0 Å². The van der Waals surface area contributed by atoms with Crippen molar-refractivity contribution in [3.63, 3.8) is 0 Å². The maximum atomic E-state index is 13.0. The lowest BCUT2D eigenvalue weighted by Gasteiger charge is -2.12. The van der Waals surface area contributed by atoms with E-state index in [-0.39, 0.29) is 5.82 Å². The van der Waals surface area contributed by atoms with Crippen LogP contribution in [0.15, 0.2) is 72.0 Å². The third kappa shape index (κ3) is 5.54. The fourth-order valence-electron chi connectivity index (χ4n) is 2.34. The molecule has 0 unspecified atom stereocenters. The van der Waals surface area contributed by atoms with Gasteiger partial charge in [0.05, 0.1) is 12.8 Å². The van der Waals surface area contributed by atoms with Gasteiger partial charge in [-0.25, -0.2) is 9.37 Å². The molecule has 2 aromatic carbocycles. The topological polar surface area (TPSA) is 55.7 Å². The molecule has 0 aliphatic carbocycles. The van der Waals surface area contributed by atoms with Gasteiger partial charge in [-0.1, -0.05) is 18.2 Å². The molecule has 3 aromatic rings. The van der Waals surface area contributed by atoms with Gasteiger partial charge in [-0.15, -0.1) is 0 Å². The number of ether oxygens (including phenoxy) is 2. The molecule has 138 valence electrons. The fourth-order valence-corrected chi connectivity index (χ4v) is 2.34. The highest BCUT2D eigenvalue weighted by atomic mass is 19.1. The molecule has 0 saturated heterocycles. The molecule has 0 atom stereocenters. The van der Waals surface area contributed by atoms with Gasteiger partial charge < -0.3 is 9.47 Å². The average molecular weight is 365 g/mol. The van der Waals surface area contributed by atoms with Crippen LogP contribution in [-0.4, -0.2) is 17.8 Å². The number of nitrogens with zero attached hydrogens (tertiary/aromatic N) is 2. The first-order valence-corrected chi connectivity index (χ1v) is 8.59. The normalized spacial score (nSPS) is 10.7. The molecule has 27 heavy (non-hydrogen) atoms. The Hall–Kier alpha value is -3.41. The quantitative estimate of drug-likeness (QED) is 0.467. The zero-order valence-corrected chi connectivity index (χ0v) is 14.9. The van der Waals surface area contributed by atoms with Crippen LogP contribution in [0.5, 0.6) is 11.5 Å². The van der Waals surface area contributed by atoms with Crippen LogP contribution < -0.4 is 14.9 Å². The lowest BCUT2D eigenvalue weighted by atomic mass is 10.2. The van der Waals surface area contributed by atoms with Crippen molar-refractivity contribution in [2.45, 2.75) is 13.5 Å². The van der Waals surface area contributed by atoms with Gasteiger partial charge in [0.15, 0.2) is 11.5 Å². The molecular formula is C21H20FN3O2. The summed E-state index contributed by atoms with van der Waals surface area (Å²) in [7, 11) is 0. The summed E-state index contributed by atoms with van der Waals surface area (Å²) in [5, 5.41) is 4.18. The standard InChI is InChI=1S/C21H20FN3O2/c1-2-26-20-13-17(14-24-25-21-5-3-4-12-23-21)8-11-19(20)27-15-16-6-9-18(22)10-7-16/h3-14H,2,15H2,1H3,(H,23,25). The van der Waals surface area contributed by atoms with E-state index in [0.717, 1.165) is 11.1 Å². The molecule has 0 saturated carbocycles. The third-order valence-corrected chi connectivity index (χ3v) is 3.63. The molecule has 6 heteroatoms. The van der Waals surface area contributed by atoms with Crippen LogP contribution in [-0.2, 0) is 6.61 Å². The minimum atomic E-state index is -0.267. The predicted molar refractivity (Wildman–Crippen MR) is 104 cm³/mol. The van der Waals surface area contributed by atoms with E-state index in [0.29, 0.717) is 30.5 Å². The number of hydrazone groups is 1. The van der Waals surface area contributed by atoms with Crippen molar-refractivity contribution in [3.05, 3.63) is 83.8 Å². The van der Waals surface area contributed by atoms with Gasteiger partial charge in [0.1, 0.15) is 18.2 Å². The minimum absolute atomic E-state index is 0.267. The minimum Gasteiger partial charge on any atom is -0.490 e. The molecule has 0 radical (unpaired) electrons. The lowest BCUT2D eigenvalue weighted by molar-refractivity contribution is 0.269. The first-order valence-electron chi connectivity index (χ1n) is 8.59. The Bertz CT molecular complexity index is 884. The van der Waals surface area contributed by atoms with E-state index in [4.69, 9.17) is 9.47 Å². The van der Waals surface area contributed by atoms with Gasteiger partial charge in [-0.05, 0) is 60.5 Å². The Labute approximate surface area is 157 Å². The number of nitrogens with one attached hydrogen (secondary N) is 1. The van der Waals surface area contributed by atoms with Crippen LogP contribution in [0.1, 0.15) is 18.1 Å². The number of pyridine rings is 1. The van der Waals surface area contributed by atoms with E-state index in [1.165, 1.54) is 12.1 Å². The van der Waals surface area contributed by atoms with E-state index >= 15 is 0 Å². The second-order valence-electron chi connectivity index (χ2n) is 5.64. The summed E-state index contributed by atoms with van der Waals surface area (Å²) in [5.74, 6) is 1.65. The van der Waals surface area contributed by atoms with E-state index in [1.54, 1.807) is 24.5 Å². The van der Waals surface area contributed by atoms with Crippen LogP contribution in [0.25, 0.3) is 0 Å². The van der Waals surface area contributed by atoms with E-state index in [9.17, 15) is 4.39 Å². The van der Waals surface area contributed by atoms with Crippen LogP contribution in [0, 0.1) is 5.82 Å². The Morgan fingerprint density at radius 1 is 1.04 bits per heavy atom. The van der Waals surface area contributed by atoms with Crippen LogP contribution in [0.3, 0.4) is 0 Å². The zero-order valence-electron chi connectivity index (χ0n) is 14.9. The van der Waals surface area contributed by atoms with E-state index in [2.05, 4.69) is 15.5 Å². The fraction of sp³-hybridized carbons (Fsp3) is 0.143. The van der Waals surface area contributed by atoms with Crippen LogP contribution in [0.4, 0.5) is 10.2 Å². The summed E-state index contributed by atoms with van der Waals surface area (Å²) >= 11 is 0. The molecule has 1 aromatic heterocycles. The molecule has 0 aliphatic heterocycles. The number of halogens is 1. The molecule has 0 fully saturated rings. The number of hydrogen-bond donors (Lipinski definition) is 1. The number of hydrogen-bond acceptors (Lipinski definition) is 5. The van der Waals surface area contributed by atoms with Crippen molar-refractivity contribution in [2.75, 3.05) is 12.0 Å². The number of aromatic nitrogens is 1. The number of rotatable bonds is 8. The summed E-state index contributed by atoms with van der Waals surface area (Å²) in [6, 6.07) is 17.3. The van der Waals surface area contributed by atoms with Gasteiger partial charge in [0, 0.05) is 6.20 Å². The van der Waals surface area contributed by atoms with Crippen LogP contribution in [0.2, 0.25) is 0 Å². The number of anilines is 1. The highest BCUT2D eigenvalue weighted by Crippen LogP contribution is 2.29. The summed E-state index contributed by atoms with van der Waals surface area (Å²) in [6.07, 6.45) is 3.37. The predicted octanol–water partition coefficient (Wildman–Crippen LogP) is 4.64. The van der Waals surface area contributed by atoms with Crippen molar-refractivity contribution in [1.82, 2.24) is 4.98 Å². The van der Waals surface area contributed by atoms with Gasteiger partial charge in [-0.2, -0.15) is 5.10 Å². The first-order chi connectivity index (χ1) is 13.2. The second kappa shape index (κ2) is 9.33. The highest BCUT2D eigenvalue weighted by Gasteiger charge is 2.07. The summed E-state index contributed by atoms with van der Waals surface area (Å²) in [5.41, 5.74) is 4.60. The first kappa shape index (κ1) is 18.4. The van der Waals surface area contributed by atoms with Gasteiger partial charge in [0.2, 0.25) is 0 Å². The van der Waals surface area contributed by atoms with Gasteiger partial charge >= 0.3 is 0 Å². The molecular weight excluding hydrogens is 345 g/mol. The second-order valence-corrected chi connectivity index (χ2v) is 5.64. The molecule has 0 bridgehead atoms. The SMILES string of the molecule is CCOc1cc(C=NNc2ccccn2)ccc1OCc1ccc(F)cc1. The monoisotopic (exact) mass is 365 g/mol. The smallest absolute Gasteiger partial charge is 0.161 e. The van der Waals surface area contributed by atoms with Crippen molar-refractivity contribution >= 4 is 12.0 Å². The van der Waals surface area contributed by atoms with Gasteiger partial charge in [-0.3, -0.25) is 5.43 Å². The summed E-state index contributed by atoms with van der Waals surface area (Å²) in [4.78, 5) is 4.14. The highest BCUT2D eigenvalue weighted by molar-refractivity contribution is 5.81. The van der Waals surface area contributed by atoms with E-state index < -0.39 is 0 Å². The van der Waals surface area contributed by atoms with E-state index in [1.807, 2.05) is 43.3 Å². The Kier molecular flexibility index (Phi) is 6.35. The van der Waals surface area contributed by atoms with Crippen molar-refractivity contribution in [2.24, 2.45) is 5.10 Å². The number of benzene rings is 2. The average Bonchev–Trinajstić information content (AvgIpc) is 2.70. The largest absolute Gasteiger partial charge is 0.490 e.